The van der Waals surface area contributed by atoms with Crippen LogP contribution in [0.1, 0.15) is 22.2 Å². The number of esters is 1. The zero-order valence-corrected chi connectivity index (χ0v) is 13.2. The van der Waals surface area contributed by atoms with Crippen molar-refractivity contribution in [3.8, 4) is 10.4 Å². The quantitative estimate of drug-likeness (QED) is 0.724. The molecule has 0 aliphatic rings. The molecule has 6 heteroatoms. The summed E-state index contributed by atoms with van der Waals surface area (Å²) in [5, 5.41) is 0. The monoisotopic (exact) mass is 360 g/mol. The Labute approximate surface area is 127 Å². The van der Waals surface area contributed by atoms with Gasteiger partial charge in [-0.3, -0.25) is 0 Å². The van der Waals surface area contributed by atoms with Crippen molar-refractivity contribution in [3.63, 3.8) is 0 Å². The highest BCUT2D eigenvalue weighted by molar-refractivity contribution is 9.10. The van der Waals surface area contributed by atoms with Crippen molar-refractivity contribution >= 4 is 33.2 Å². The van der Waals surface area contributed by atoms with Crippen molar-refractivity contribution in [1.82, 2.24) is 0 Å². The number of carbonyl (C=O) groups is 1. The van der Waals surface area contributed by atoms with Gasteiger partial charge in [-0.05, 0) is 53.0 Å². The first-order valence-corrected chi connectivity index (χ1v) is 7.48. The van der Waals surface area contributed by atoms with Crippen molar-refractivity contribution in [1.29, 1.82) is 0 Å². The predicted molar refractivity (Wildman–Crippen MR) is 78.1 cm³/mol. The largest absolute Gasteiger partial charge is 0.462 e. The molecule has 2 rings (SSSR count). The van der Waals surface area contributed by atoms with Crippen LogP contribution in [0.3, 0.4) is 0 Å². The summed E-state index contributed by atoms with van der Waals surface area (Å²) in [7, 11) is 0. The lowest BCUT2D eigenvalue weighted by molar-refractivity contribution is 0.0531. The van der Waals surface area contributed by atoms with Gasteiger partial charge in [0.15, 0.2) is 11.6 Å². The zero-order chi connectivity index (χ0) is 14.9. The van der Waals surface area contributed by atoms with Crippen LogP contribution in [0.15, 0.2) is 22.7 Å². The van der Waals surface area contributed by atoms with Gasteiger partial charge in [0.25, 0.3) is 0 Å². The van der Waals surface area contributed by atoms with E-state index in [4.69, 9.17) is 4.74 Å². The number of thiophene rings is 1. The summed E-state index contributed by atoms with van der Waals surface area (Å²) in [5.74, 6) is -2.24. The molecule has 2 nitrogen and oxygen atoms in total. The van der Waals surface area contributed by atoms with E-state index in [9.17, 15) is 13.6 Å². The first kappa shape index (κ1) is 15.1. The molecule has 2 aromatic rings. The summed E-state index contributed by atoms with van der Waals surface area (Å²) in [5.41, 5.74) is 1.33. The predicted octanol–water partition coefficient (Wildman–Crippen LogP) is 4.94. The molecule has 0 radical (unpaired) electrons. The second-order valence-electron chi connectivity index (χ2n) is 4.05. The van der Waals surface area contributed by atoms with Crippen LogP contribution in [0.4, 0.5) is 8.78 Å². The standard InChI is InChI=1S/C14H11BrF2O2S/c1-3-19-14(18)13-11(15)7(2)12(20-13)8-4-5-9(16)10(17)6-8/h4-6H,3H2,1-2H3. The SMILES string of the molecule is CCOC(=O)c1sc(-c2ccc(F)c(F)c2)c(C)c1Br. The molecular weight excluding hydrogens is 350 g/mol. The Morgan fingerprint density at radius 2 is 2.05 bits per heavy atom. The summed E-state index contributed by atoms with van der Waals surface area (Å²) in [4.78, 5) is 12.9. The van der Waals surface area contributed by atoms with Crippen LogP contribution in [0.2, 0.25) is 0 Å². The van der Waals surface area contributed by atoms with Gasteiger partial charge in [0.05, 0.1) is 6.61 Å². The van der Waals surface area contributed by atoms with Crippen LogP contribution in [0.25, 0.3) is 10.4 Å². The molecule has 20 heavy (non-hydrogen) atoms. The van der Waals surface area contributed by atoms with Crippen LogP contribution in [-0.2, 0) is 4.74 Å². The molecule has 0 unspecified atom stereocenters. The van der Waals surface area contributed by atoms with E-state index in [1.54, 1.807) is 13.8 Å². The zero-order valence-electron chi connectivity index (χ0n) is 10.8. The van der Waals surface area contributed by atoms with Gasteiger partial charge in [-0.15, -0.1) is 11.3 Å². The molecular formula is C14H11BrF2O2S. The molecule has 0 atom stereocenters. The molecule has 1 aromatic heterocycles. The lowest BCUT2D eigenvalue weighted by Gasteiger charge is -2.00. The highest BCUT2D eigenvalue weighted by atomic mass is 79.9. The first-order valence-electron chi connectivity index (χ1n) is 5.87. The molecule has 106 valence electrons. The number of carbonyl (C=O) groups excluding carboxylic acids is 1. The van der Waals surface area contributed by atoms with E-state index in [-0.39, 0.29) is 6.61 Å². The maximum Gasteiger partial charge on any atom is 0.349 e. The molecule has 0 bridgehead atoms. The van der Waals surface area contributed by atoms with Gasteiger partial charge >= 0.3 is 5.97 Å². The Balaban J connectivity index is 2.50. The molecule has 0 aliphatic heterocycles. The van der Waals surface area contributed by atoms with Gasteiger partial charge < -0.3 is 4.74 Å². The molecule has 0 N–H and O–H groups in total. The molecule has 0 aliphatic carbocycles. The summed E-state index contributed by atoms with van der Waals surface area (Å²) in [6.07, 6.45) is 0. The van der Waals surface area contributed by atoms with Crippen LogP contribution >= 0.6 is 27.3 Å². The van der Waals surface area contributed by atoms with Gasteiger partial charge in [-0.25, -0.2) is 13.6 Å². The third-order valence-corrected chi connectivity index (χ3v) is 5.29. The fourth-order valence-electron chi connectivity index (χ4n) is 1.73. The minimum Gasteiger partial charge on any atom is -0.462 e. The number of benzene rings is 1. The molecule has 0 fully saturated rings. The smallest absolute Gasteiger partial charge is 0.349 e. The van der Waals surface area contributed by atoms with E-state index < -0.39 is 17.6 Å². The van der Waals surface area contributed by atoms with Gasteiger partial charge in [-0.2, -0.15) is 0 Å². The molecule has 1 heterocycles. The Bertz CT molecular complexity index is 667. The lowest BCUT2D eigenvalue weighted by atomic mass is 10.1. The van der Waals surface area contributed by atoms with Crippen LogP contribution in [-0.4, -0.2) is 12.6 Å². The molecule has 0 spiro atoms. The Kier molecular flexibility index (Phi) is 4.55. The average molecular weight is 361 g/mol. The normalized spacial score (nSPS) is 10.7. The molecule has 0 saturated heterocycles. The highest BCUT2D eigenvalue weighted by Crippen LogP contribution is 2.40. The summed E-state index contributed by atoms with van der Waals surface area (Å²) in [6.45, 7) is 3.81. The Morgan fingerprint density at radius 3 is 2.65 bits per heavy atom. The number of rotatable bonds is 3. The van der Waals surface area contributed by atoms with E-state index in [0.717, 1.165) is 17.7 Å². The van der Waals surface area contributed by atoms with Crippen LogP contribution in [0.5, 0.6) is 0 Å². The second kappa shape index (κ2) is 6.01. The summed E-state index contributed by atoms with van der Waals surface area (Å²) >= 11 is 4.53. The van der Waals surface area contributed by atoms with Crippen molar-refractivity contribution in [3.05, 3.63) is 44.7 Å². The average Bonchev–Trinajstić information content (AvgIpc) is 2.70. The summed E-state index contributed by atoms with van der Waals surface area (Å²) in [6, 6.07) is 3.68. The van der Waals surface area contributed by atoms with Crippen molar-refractivity contribution in [2.24, 2.45) is 0 Å². The van der Waals surface area contributed by atoms with E-state index in [2.05, 4.69) is 15.9 Å². The summed E-state index contributed by atoms with van der Waals surface area (Å²) < 4.78 is 31.9. The van der Waals surface area contributed by atoms with Crippen molar-refractivity contribution in [2.75, 3.05) is 6.61 Å². The minimum atomic E-state index is -0.913. The van der Waals surface area contributed by atoms with E-state index in [1.807, 2.05) is 0 Å². The molecule has 0 amide bonds. The Hall–Kier alpha value is -1.27. The molecule has 0 saturated carbocycles. The highest BCUT2D eigenvalue weighted by Gasteiger charge is 2.21. The maximum absolute atomic E-state index is 13.3. The number of ether oxygens (including phenoxy) is 1. The third kappa shape index (κ3) is 2.76. The van der Waals surface area contributed by atoms with Crippen LogP contribution < -0.4 is 0 Å². The van der Waals surface area contributed by atoms with E-state index >= 15 is 0 Å². The van der Waals surface area contributed by atoms with Crippen molar-refractivity contribution < 1.29 is 18.3 Å². The number of hydrogen-bond donors (Lipinski definition) is 0. The molecule has 1 aromatic carbocycles. The fraction of sp³-hybridized carbons (Fsp3) is 0.214. The minimum absolute atomic E-state index is 0.280. The van der Waals surface area contributed by atoms with Crippen LogP contribution in [0, 0.1) is 18.6 Å². The van der Waals surface area contributed by atoms with Crippen molar-refractivity contribution in [2.45, 2.75) is 13.8 Å². The van der Waals surface area contributed by atoms with Gasteiger partial charge in [0.1, 0.15) is 4.88 Å². The maximum atomic E-state index is 13.3. The second-order valence-corrected chi connectivity index (χ2v) is 5.86. The topological polar surface area (TPSA) is 26.3 Å². The van der Waals surface area contributed by atoms with Gasteiger partial charge in [0, 0.05) is 9.35 Å². The third-order valence-electron chi connectivity index (χ3n) is 2.72. The Morgan fingerprint density at radius 1 is 1.35 bits per heavy atom. The van der Waals surface area contributed by atoms with Gasteiger partial charge in [-0.1, -0.05) is 6.07 Å². The number of hydrogen-bond acceptors (Lipinski definition) is 3. The number of halogens is 3. The first-order chi connectivity index (χ1) is 9.45. The fourth-order valence-corrected chi connectivity index (χ4v) is 3.56. The lowest BCUT2D eigenvalue weighted by Crippen LogP contribution is -2.02. The van der Waals surface area contributed by atoms with Gasteiger partial charge in [0.2, 0.25) is 0 Å². The van der Waals surface area contributed by atoms with E-state index in [0.29, 0.717) is 19.8 Å². The van der Waals surface area contributed by atoms with E-state index in [1.165, 1.54) is 17.4 Å².